The van der Waals surface area contributed by atoms with Gasteiger partial charge in [-0.05, 0) is 25.0 Å². The lowest BCUT2D eigenvalue weighted by molar-refractivity contribution is -0.132. The maximum atomic E-state index is 10.8. The highest BCUT2D eigenvalue weighted by Crippen LogP contribution is 2.14. The van der Waals surface area contributed by atoms with Crippen molar-refractivity contribution in [2.45, 2.75) is 77.6 Å². The zero-order chi connectivity index (χ0) is 13.8. The summed E-state index contributed by atoms with van der Waals surface area (Å²) in [5.74, 6) is 0.482. The van der Waals surface area contributed by atoms with Crippen LogP contribution in [-0.4, -0.2) is 5.97 Å². The van der Waals surface area contributed by atoms with E-state index in [4.69, 9.17) is 4.74 Å². The predicted molar refractivity (Wildman–Crippen MR) is 79.8 cm³/mol. The van der Waals surface area contributed by atoms with Crippen LogP contribution in [0, 0.1) is 0 Å². The van der Waals surface area contributed by atoms with Crippen LogP contribution in [0.4, 0.5) is 0 Å². The molecule has 1 heterocycles. The minimum absolute atomic E-state index is 0.241. The second-order valence-electron chi connectivity index (χ2n) is 5.33. The molecule has 0 aromatic heterocycles. The molecule has 108 valence electrons. The Hall–Kier alpha value is -1.05. The van der Waals surface area contributed by atoms with Gasteiger partial charge in [-0.1, -0.05) is 64.7 Å². The van der Waals surface area contributed by atoms with Gasteiger partial charge in [0.2, 0.25) is 0 Å². The maximum Gasteiger partial charge on any atom is 0.336 e. The third-order valence-corrected chi connectivity index (χ3v) is 3.51. The van der Waals surface area contributed by atoms with Crippen molar-refractivity contribution < 1.29 is 9.53 Å². The molecule has 2 heteroatoms. The van der Waals surface area contributed by atoms with Crippen LogP contribution >= 0.6 is 0 Å². The van der Waals surface area contributed by atoms with Crippen LogP contribution in [0.25, 0.3) is 0 Å². The molecule has 0 atom stereocenters. The minimum Gasteiger partial charge on any atom is -0.424 e. The van der Waals surface area contributed by atoms with Gasteiger partial charge in [0.25, 0.3) is 0 Å². The molecule has 1 aliphatic heterocycles. The quantitative estimate of drug-likeness (QED) is 0.374. The van der Waals surface area contributed by atoms with Gasteiger partial charge in [0.15, 0.2) is 0 Å². The van der Waals surface area contributed by atoms with Crippen LogP contribution in [0.15, 0.2) is 24.0 Å². The minimum atomic E-state index is -0.241. The largest absolute Gasteiger partial charge is 0.424 e. The number of ether oxygens (including phenoxy) is 1. The van der Waals surface area contributed by atoms with Crippen molar-refractivity contribution in [3.05, 3.63) is 24.0 Å². The van der Waals surface area contributed by atoms with Gasteiger partial charge >= 0.3 is 5.97 Å². The Labute approximate surface area is 117 Å². The fourth-order valence-electron chi connectivity index (χ4n) is 2.32. The molecule has 2 nitrogen and oxygen atoms in total. The Bertz CT molecular complexity index is 302. The average Bonchev–Trinajstić information content (AvgIpc) is 2.82. The van der Waals surface area contributed by atoms with Crippen LogP contribution in [-0.2, 0) is 9.53 Å². The van der Waals surface area contributed by atoms with Gasteiger partial charge in [-0.15, -0.1) is 0 Å². The fraction of sp³-hybridized carbons (Fsp3) is 0.706. The topological polar surface area (TPSA) is 26.3 Å². The Morgan fingerprint density at radius 1 is 0.895 bits per heavy atom. The first-order valence-electron chi connectivity index (χ1n) is 7.93. The van der Waals surface area contributed by atoms with E-state index in [2.05, 4.69) is 6.92 Å². The molecule has 0 aliphatic carbocycles. The van der Waals surface area contributed by atoms with Crippen LogP contribution in [0.1, 0.15) is 77.6 Å². The zero-order valence-corrected chi connectivity index (χ0v) is 12.3. The SMILES string of the molecule is CCCCCCCCCCCC/C=C1\C=CC(=O)O1. The Morgan fingerprint density at radius 3 is 2.00 bits per heavy atom. The molecule has 1 rings (SSSR count). The number of rotatable bonds is 11. The van der Waals surface area contributed by atoms with Gasteiger partial charge in [-0.2, -0.15) is 0 Å². The third kappa shape index (κ3) is 8.63. The summed E-state index contributed by atoms with van der Waals surface area (Å²) in [5.41, 5.74) is 0. The van der Waals surface area contributed by atoms with Crippen molar-refractivity contribution in [3.63, 3.8) is 0 Å². The van der Waals surface area contributed by atoms with Gasteiger partial charge < -0.3 is 4.74 Å². The summed E-state index contributed by atoms with van der Waals surface area (Å²) in [6.07, 6.45) is 19.8. The molecular formula is C17H28O2. The maximum absolute atomic E-state index is 10.8. The molecule has 0 aromatic rings. The molecule has 0 aromatic carbocycles. The van der Waals surface area contributed by atoms with Gasteiger partial charge in [0, 0.05) is 6.08 Å². The average molecular weight is 264 g/mol. The number of carbonyl (C=O) groups excluding carboxylic acids is 1. The molecule has 0 N–H and O–H groups in total. The number of hydrogen-bond acceptors (Lipinski definition) is 2. The van der Waals surface area contributed by atoms with E-state index in [1.807, 2.05) is 6.08 Å². The Balaban J connectivity index is 1.81. The van der Waals surface area contributed by atoms with E-state index in [1.165, 1.54) is 70.3 Å². The highest BCUT2D eigenvalue weighted by Gasteiger charge is 2.07. The molecule has 0 radical (unpaired) electrons. The summed E-state index contributed by atoms with van der Waals surface area (Å²) in [4.78, 5) is 10.8. The molecule has 0 amide bonds. The molecule has 0 unspecified atom stereocenters. The standard InChI is InChI=1S/C17H28O2/c1-2-3-4-5-6-7-8-9-10-11-12-13-16-14-15-17(18)19-16/h13-15H,2-12H2,1H3/b16-13+. The first kappa shape index (κ1) is 16.0. The first-order valence-corrected chi connectivity index (χ1v) is 7.93. The number of hydrogen-bond donors (Lipinski definition) is 0. The molecule has 0 spiro atoms. The summed E-state index contributed by atoms with van der Waals surface area (Å²) >= 11 is 0. The van der Waals surface area contributed by atoms with E-state index >= 15 is 0 Å². The third-order valence-electron chi connectivity index (χ3n) is 3.51. The number of esters is 1. The predicted octanol–water partition coefficient (Wildman–Crippen LogP) is 5.29. The van der Waals surface area contributed by atoms with E-state index in [0.29, 0.717) is 0 Å². The monoisotopic (exact) mass is 264 g/mol. The molecule has 19 heavy (non-hydrogen) atoms. The van der Waals surface area contributed by atoms with Gasteiger partial charge in [-0.3, -0.25) is 0 Å². The van der Waals surface area contributed by atoms with Gasteiger partial charge in [0.05, 0.1) is 0 Å². The molecule has 0 saturated heterocycles. The number of allylic oxidation sites excluding steroid dienone is 2. The second kappa shape index (κ2) is 10.8. The summed E-state index contributed by atoms with van der Waals surface area (Å²) in [6, 6.07) is 0. The normalized spacial score (nSPS) is 16.3. The number of carbonyl (C=O) groups is 1. The van der Waals surface area contributed by atoms with Gasteiger partial charge in [0.1, 0.15) is 5.76 Å². The number of unbranched alkanes of at least 4 members (excludes halogenated alkanes) is 10. The summed E-state index contributed by atoms with van der Waals surface area (Å²) in [7, 11) is 0. The van der Waals surface area contributed by atoms with E-state index in [9.17, 15) is 4.79 Å². The lowest BCUT2D eigenvalue weighted by Gasteiger charge is -2.01. The lowest BCUT2D eigenvalue weighted by Crippen LogP contribution is -1.90. The van der Waals surface area contributed by atoms with E-state index in [1.54, 1.807) is 6.08 Å². The van der Waals surface area contributed by atoms with Crippen molar-refractivity contribution in [2.75, 3.05) is 0 Å². The van der Waals surface area contributed by atoms with E-state index in [0.717, 1.165) is 12.2 Å². The zero-order valence-electron chi connectivity index (χ0n) is 12.3. The Kier molecular flexibility index (Phi) is 9.13. The molecule has 0 fully saturated rings. The number of cyclic esters (lactones) is 1. The highest BCUT2D eigenvalue weighted by atomic mass is 16.5. The van der Waals surface area contributed by atoms with Crippen LogP contribution < -0.4 is 0 Å². The highest BCUT2D eigenvalue weighted by molar-refractivity contribution is 5.86. The van der Waals surface area contributed by atoms with E-state index in [-0.39, 0.29) is 5.97 Å². The first-order chi connectivity index (χ1) is 9.33. The summed E-state index contributed by atoms with van der Waals surface area (Å²) < 4.78 is 4.96. The van der Waals surface area contributed by atoms with E-state index < -0.39 is 0 Å². The lowest BCUT2D eigenvalue weighted by atomic mass is 10.1. The second-order valence-corrected chi connectivity index (χ2v) is 5.33. The molecule has 0 bridgehead atoms. The molecule has 1 aliphatic rings. The summed E-state index contributed by atoms with van der Waals surface area (Å²) in [5, 5.41) is 0. The van der Waals surface area contributed by atoms with Crippen LogP contribution in [0.3, 0.4) is 0 Å². The molecular weight excluding hydrogens is 236 g/mol. The van der Waals surface area contributed by atoms with Crippen LogP contribution in [0.2, 0.25) is 0 Å². The van der Waals surface area contributed by atoms with Gasteiger partial charge in [-0.25, -0.2) is 4.79 Å². The molecule has 0 saturated carbocycles. The van der Waals surface area contributed by atoms with Crippen LogP contribution in [0.5, 0.6) is 0 Å². The fourth-order valence-corrected chi connectivity index (χ4v) is 2.32. The van der Waals surface area contributed by atoms with Crippen molar-refractivity contribution in [3.8, 4) is 0 Å². The van der Waals surface area contributed by atoms with Crippen molar-refractivity contribution >= 4 is 5.97 Å². The Morgan fingerprint density at radius 2 is 1.47 bits per heavy atom. The smallest absolute Gasteiger partial charge is 0.336 e. The summed E-state index contributed by atoms with van der Waals surface area (Å²) in [6.45, 7) is 2.26. The van der Waals surface area contributed by atoms with Crippen molar-refractivity contribution in [1.82, 2.24) is 0 Å². The van der Waals surface area contributed by atoms with Crippen molar-refractivity contribution in [2.24, 2.45) is 0 Å². The van der Waals surface area contributed by atoms with Crippen molar-refractivity contribution in [1.29, 1.82) is 0 Å².